The van der Waals surface area contributed by atoms with E-state index in [-0.39, 0.29) is 32.6 Å². The van der Waals surface area contributed by atoms with Gasteiger partial charge in [0.25, 0.3) is 12.4 Å². The molecule has 0 N–H and O–H groups in total. The van der Waals surface area contributed by atoms with Crippen molar-refractivity contribution in [2.24, 2.45) is 11.8 Å². The maximum atomic E-state index is 12.3. The summed E-state index contributed by atoms with van der Waals surface area (Å²) in [5.41, 5.74) is -4.63. The first-order valence-corrected chi connectivity index (χ1v) is 8.32. The molecule has 0 unspecified atom stereocenters. The summed E-state index contributed by atoms with van der Waals surface area (Å²) >= 11 is 0. The molecule has 4 nitrogen and oxygen atoms in total. The van der Waals surface area contributed by atoms with Crippen LogP contribution in [0.5, 0.6) is 0 Å². The summed E-state index contributed by atoms with van der Waals surface area (Å²) in [6.45, 7) is 2.43. The fourth-order valence-electron chi connectivity index (χ4n) is 2.30. The zero-order valence-electron chi connectivity index (χ0n) is 17.6. The molecule has 0 atom stereocenters. The zero-order chi connectivity index (χ0) is 28.0. The number of ketones is 4. The van der Waals surface area contributed by atoms with Gasteiger partial charge in [-0.05, 0) is 27.7 Å². The monoisotopic (exact) mass is 628 g/mol. The maximum absolute atomic E-state index is 12.3. The minimum atomic E-state index is -5.45. The van der Waals surface area contributed by atoms with Gasteiger partial charge in [-0.3, -0.25) is 19.2 Å². The molecule has 17 heteroatoms. The predicted octanol–water partition coefficient (Wildman–Crippen LogP) is 5.27. The number of hydrogen-bond donors (Lipinski definition) is 0. The Balaban J connectivity index is -0.000000569. The smallest absolute Gasteiger partial charge is 0.379 e. The van der Waals surface area contributed by atoms with Crippen molar-refractivity contribution in [3.63, 3.8) is 0 Å². The van der Waals surface area contributed by atoms with Gasteiger partial charge in [-0.25, -0.2) is 26.3 Å². The van der Waals surface area contributed by atoms with Crippen LogP contribution in [0.15, 0.2) is 11.1 Å². The molecule has 0 fully saturated rings. The Bertz CT molecular complexity index is 748. The topological polar surface area (TPSA) is 68.3 Å². The summed E-state index contributed by atoms with van der Waals surface area (Å²) in [6.07, 6.45) is -21.2. The number of carbonyl (C=O) groups is 4. The Morgan fingerprint density at radius 3 is 0.743 bits per heavy atom. The van der Waals surface area contributed by atoms with Crippen molar-refractivity contribution in [3.05, 3.63) is 23.3 Å². The molecule has 0 aromatic rings. The van der Waals surface area contributed by atoms with E-state index >= 15 is 0 Å². The van der Waals surface area contributed by atoms with E-state index in [2.05, 4.69) is 0 Å². The van der Waals surface area contributed by atoms with E-state index < -0.39 is 70.8 Å². The van der Waals surface area contributed by atoms with Crippen LogP contribution in [0, 0.1) is 24.0 Å². The van der Waals surface area contributed by atoms with Crippen molar-refractivity contribution in [1.29, 1.82) is 0 Å². The first-order valence-electron chi connectivity index (χ1n) is 8.32. The van der Waals surface area contributed by atoms with Crippen LogP contribution in [0.2, 0.25) is 0 Å². The summed E-state index contributed by atoms with van der Waals surface area (Å²) < 4.78 is 145. The number of rotatable bonds is 6. The third-order valence-corrected chi connectivity index (χ3v) is 3.37. The Morgan fingerprint density at radius 1 is 0.486 bits per heavy atom. The van der Waals surface area contributed by atoms with E-state index in [1.165, 1.54) is 0 Å². The van der Waals surface area contributed by atoms with Gasteiger partial charge in [0, 0.05) is 0 Å². The molecule has 0 saturated heterocycles. The largest absolute Gasteiger partial charge is 2.00 e. The standard InChI is InChI=1S/2C9H7F6O2.Pd/c2*1-4(16)7(5(2)17)6(9(13,14)15)3-8(10,11)12;/h2*7H,1-2H3;/q2*-1;+2. The Labute approximate surface area is 203 Å². The molecular weight excluding hydrogens is 615 g/mol. The Hall–Kier alpha value is -2.02. The molecule has 35 heavy (non-hydrogen) atoms. The molecule has 0 spiro atoms. The number of allylic oxidation sites excluding steroid dienone is 4. The summed E-state index contributed by atoms with van der Waals surface area (Å²) in [4.78, 5) is 43.2. The third kappa shape index (κ3) is 14.9. The van der Waals surface area contributed by atoms with E-state index in [1.807, 2.05) is 0 Å². The summed E-state index contributed by atoms with van der Waals surface area (Å²) in [7, 11) is 0. The fraction of sp³-hybridized carbons (Fsp3) is 0.556. The summed E-state index contributed by atoms with van der Waals surface area (Å²) in [5.74, 6) is -10.3. The number of hydrogen-bond acceptors (Lipinski definition) is 4. The Morgan fingerprint density at radius 2 is 0.657 bits per heavy atom. The normalized spacial score (nSPS) is 13.7. The van der Waals surface area contributed by atoms with Crippen molar-refractivity contribution in [1.82, 2.24) is 0 Å². The van der Waals surface area contributed by atoms with Crippen molar-refractivity contribution in [2.75, 3.05) is 0 Å². The van der Waals surface area contributed by atoms with Crippen LogP contribution in [0.25, 0.3) is 0 Å². The molecule has 0 radical (unpaired) electrons. The second-order valence-corrected chi connectivity index (χ2v) is 6.38. The zero-order valence-corrected chi connectivity index (χ0v) is 19.2. The van der Waals surface area contributed by atoms with Crippen LogP contribution < -0.4 is 0 Å². The van der Waals surface area contributed by atoms with E-state index in [0.717, 1.165) is 0 Å². The number of halogens is 12. The molecular formula is C18H14F12O4Pd. The molecule has 0 aromatic carbocycles. The van der Waals surface area contributed by atoms with E-state index in [9.17, 15) is 71.9 Å². The van der Waals surface area contributed by atoms with E-state index in [0.29, 0.717) is 27.7 Å². The van der Waals surface area contributed by atoms with Crippen molar-refractivity contribution in [2.45, 2.75) is 52.4 Å². The molecule has 204 valence electrons. The van der Waals surface area contributed by atoms with Crippen LogP contribution in [0.4, 0.5) is 52.7 Å². The van der Waals surface area contributed by atoms with Gasteiger partial charge in [0.2, 0.25) is 0 Å². The average molecular weight is 629 g/mol. The molecule has 0 saturated carbocycles. The molecule has 0 aliphatic rings. The van der Waals surface area contributed by atoms with Crippen molar-refractivity contribution in [3.8, 4) is 0 Å². The van der Waals surface area contributed by atoms with Crippen LogP contribution in [-0.4, -0.2) is 47.8 Å². The van der Waals surface area contributed by atoms with Gasteiger partial charge in [0.15, 0.2) is 0 Å². The molecule has 0 amide bonds. The minimum Gasteiger partial charge on any atom is -0.379 e. The summed E-state index contributed by atoms with van der Waals surface area (Å²) in [6, 6.07) is 0. The summed E-state index contributed by atoms with van der Waals surface area (Å²) in [5, 5.41) is 0. The first-order chi connectivity index (χ1) is 14.7. The first kappa shape index (κ1) is 37.5. The second kappa shape index (κ2) is 13.3. The average Bonchev–Trinajstić information content (AvgIpc) is 2.48. The molecule has 0 rings (SSSR count). The van der Waals surface area contributed by atoms with Gasteiger partial charge in [0.05, 0.1) is 11.8 Å². The maximum Gasteiger partial charge on any atom is 2.00 e. The van der Waals surface area contributed by atoms with Crippen LogP contribution in [0.1, 0.15) is 27.7 Å². The minimum absolute atomic E-state index is 0. The van der Waals surface area contributed by atoms with Gasteiger partial charge in [-0.1, -0.05) is 0 Å². The van der Waals surface area contributed by atoms with Gasteiger partial charge < -0.3 is 12.2 Å². The van der Waals surface area contributed by atoms with E-state index in [1.54, 1.807) is 0 Å². The van der Waals surface area contributed by atoms with Crippen molar-refractivity contribution < 1.29 is 92.3 Å². The molecule has 0 aromatic heterocycles. The molecule has 0 bridgehead atoms. The van der Waals surface area contributed by atoms with Crippen LogP contribution >= 0.6 is 0 Å². The predicted molar refractivity (Wildman–Crippen MR) is 87.4 cm³/mol. The number of Topliss-reactive ketones (excluding diaryl/α,β-unsaturated/α-hetero) is 4. The van der Waals surface area contributed by atoms with Gasteiger partial charge in [-0.15, -0.1) is 11.1 Å². The third-order valence-electron chi connectivity index (χ3n) is 3.37. The van der Waals surface area contributed by atoms with Crippen LogP contribution in [0.3, 0.4) is 0 Å². The quantitative estimate of drug-likeness (QED) is 0.174. The Kier molecular flexibility index (Phi) is 14.3. The second-order valence-electron chi connectivity index (χ2n) is 6.38. The fourth-order valence-corrected chi connectivity index (χ4v) is 2.30. The molecule has 0 aliphatic heterocycles. The van der Waals surface area contributed by atoms with Gasteiger partial charge in [0.1, 0.15) is 23.1 Å². The van der Waals surface area contributed by atoms with Gasteiger partial charge >= 0.3 is 32.8 Å². The van der Waals surface area contributed by atoms with Gasteiger partial charge in [-0.2, -0.15) is 26.3 Å². The number of alkyl halides is 12. The van der Waals surface area contributed by atoms with E-state index in [4.69, 9.17) is 0 Å². The van der Waals surface area contributed by atoms with Crippen molar-refractivity contribution >= 4 is 23.1 Å². The SMILES string of the molecule is CC(=O)C(C(C)=O)C(=[C-]C(F)(F)F)C(F)(F)F.CC(=O)C(C(C)=O)C(=[C-]C(F)(F)F)C(F)(F)F.[Pd+2]. The number of carbonyl (C=O) groups excluding carboxylic acids is 4. The molecule has 0 aliphatic carbocycles. The van der Waals surface area contributed by atoms with Crippen LogP contribution in [-0.2, 0) is 39.6 Å². The molecule has 0 heterocycles.